The molecule has 0 amide bonds. The number of ketones is 1. The van der Waals surface area contributed by atoms with E-state index in [4.69, 9.17) is 9.47 Å². The van der Waals surface area contributed by atoms with E-state index in [1.807, 2.05) is 66.7 Å². The molecule has 7 heteroatoms. The SMILES string of the molecule is COc1cc2[nH]c3ncnc(Nc4ccc(CC(=O)c5ccccc5)cc4)c3c2cc1OC. The van der Waals surface area contributed by atoms with Crippen LogP contribution < -0.4 is 14.8 Å². The third-order valence-corrected chi connectivity index (χ3v) is 5.57. The Balaban J connectivity index is 1.43. The fraction of sp³-hybridized carbons (Fsp3) is 0.115. The second kappa shape index (κ2) is 8.63. The molecule has 33 heavy (non-hydrogen) atoms. The molecule has 0 unspecified atom stereocenters. The van der Waals surface area contributed by atoms with Crippen molar-refractivity contribution >= 4 is 39.2 Å². The van der Waals surface area contributed by atoms with Crippen LogP contribution in [0.4, 0.5) is 11.5 Å². The zero-order valence-electron chi connectivity index (χ0n) is 18.3. The molecule has 0 radical (unpaired) electrons. The summed E-state index contributed by atoms with van der Waals surface area (Å²) in [4.78, 5) is 24.6. The molecule has 0 saturated heterocycles. The molecule has 0 aliphatic carbocycles. The lowest BCUT2D eigenvalue weighted by Gasteiger charge is -2.09. The molecule has 5 rings (SSSR count). The summed E-state index contributed by atoms with van der Waals surface area (Å²) in [6, 6.07) is 20.9. The number of H-pyrrole nitrogens is 1. The first-order valence-corrected chi connectivity index (χ1v) is 10.5. The number of hydrogen-bond acceptors (Lipinski definition) is 6. The van der Waals surface area contributed by atoms with Crippen LogP contribution in [0.5, 0.6) is 11.5 Å². The second-order valence-corrected chi connectivity index (χ2v) is 7.61. The first kappa shape index (κ1) is 20.5. The molecule has 7 nitrogen and oxygen atoms in total. The highest BCUT2D eigenvalue weighted by Gasteiger charge is 2.15. The van der Waals surface area contributed by atoms with E-state index in [-0.39, 0.29) is 5.78 Å². The van der Waals surface area contributed by atoms with Gasteiger partial charge in [-0.3, -0.25) is 4.79 Å². The minimum absolute atomic E-state index is 0.0944. The van der Waals surface area contributed by atoms with E-state index in [0.29, 0.717) is 29.4 Å². The Morgan fingerprint density at radius 2 is 1.67 bits per heavy atom. The maximum atomic E-state index is 12.5. The maximum Gasteiger partial charge on any atom is 0.167 e. The number of benzene rings is 3. The van der Waals surface area contributed by atoms with Gasteiger partial charge in [-0.15, -0.1) is 0 Å². The summed E-state index contributed by atoms with van der Waals surface area (Å²) in [6.45, 7) is 0. The van der Waals surface area contributed by atoms with E-state index in [0.717, 1.165) is 33.1 Å². The van der Waals surface area contributed by atoms with Gasteiger partial charge in [-0.25, -0.2) is 9.97 Å². The van der Waals surface area contributed by atoms with Crippen LogP contribution in [0.3, 0.4) is 0 Å². The lowest BCUT2D eigenvalue weighted by molar-refractivity contribution is 0.0993. The Kier molecular flexibility index (Phi) is 5.36. The molecule has 3 aromatic carbocycles. The summed E-state index contributed by atoms with van der Waals surface area (Å²) in [5.41, 5.74) is 4.12. The number of aromatic nitrogens is 3. The zero-order valence-corrected chi connectivity index (χ0v) is 18.3. The van der Waals surface area contributed by atoms with Gasteiger partial charge in [0.15, 0.2) is 17.3 Å². The number of carbonyl (C=O) groups excluding carboxylic acids is 1. The number of fused-ring (bicyclic) bond motifs is 3. The first-order valence-electron chi connectivity index (χ1n) is 10.5. The number of carbonyl (C=O) groups is 1. The van der Waals surface area contributed by atoms with Crippen molar-refractivity contribution in [1.82, 2.24) is 15.0 Å². The zero-order chi connectivity index (χ0) is 22.8. The van der Waals surface area contributed by atoms with Gasteiger partial charge in [0, 0.05) is 29.1 Å². The summed E-state index contributed by atoms with van der Waals surface area (Å²) in [5.74, 6) is 2.04. The van der Waals surface area contributed by atoms with Crippen LogP contribution >= 0.6 is 0 Å². The van der Waals surface area contributed by atoms with Crippen LogP contribution in [0.1, 0.15) is 15.9 Å². The fourth-order valence-corrected chi connectivity index (χ4v) is 3.90. The summed E-state index contributed by atoms with van der Waals surface area (Å²) in [5, 5.41) is 5.16. The number of ether oxygens (including phenoxy) is 2. The van der Waals surface area contributed by atoms with Gasteiger partial charge >= 0.3 is 0 Å². The Bertz CT molecular complexity index is 1440. The van der Waals surface area contributed by atoms with Crippen LogP contribution in [0, 0.1) is 0 Å². The number of nitrogens with one attached hydrogen (secondary N) is 2. The molecule has 2 heterocycles. The van der Waals surface area contributed by atoms with Crippen molar-refractivity contribution in [2.45, 2.75) is 6.42 Å². The van der Waals surface area contributed by atoms with E-state index in [1.165, 1.54) is 6.33 Å². The highest BCUT2D eigenvalue weighted by atomic mass is 16.5. The van der Waals surface area contributed by atoms with Crippen molar-refractivity contribution in [3.63, 3.8) is 0 Å². The molecule has 0 spiro atoms. The second-order valence-electron chi connectivity index (χ2n) is 7.61. The third kappa shape index (κ3) is 3.96. The van der Waals surface area contributed by atoms with Gasteiger partial charge in [-0.05, 0) is 23.8 Å². The molecule has 0 fully saturated rings. The molecule has 2 aromatic heterocycles. The van der Waals surface area contributed by atoms with Crippen LogP contribution in [0.15, 0.2) is 73.1 Å². The van der Waals surface area contributed by atoms with Crippen LogP contribution in [0.25, 0.3) is 21.9 Å². The molecule has 2 N–H and O–H groups in total. The van der Waals surface area contributed by atoms with Gasteiger partial charge in [0.25, 0.3) is 0 Å². The van der Waals surface area contributed by atoms with E-state index in [9.17, 15) is 4.79 Å². The summed E-state index contributed by atoms with van der Waals surface area (Å²) in [7, 11) is 3.22. The standard InChI is InChI=1S/C26H22N4O3/c1-32-22-13-19-20(14-23(22)33-2)30-26-24(19)25(27-15-28-26)29-18-10-8-16(9-11-18)12-21(31)17-6-4-3-5-7-17/h3-11,13-15H,12H2,1-2H3,(H2,27,28,29,30). The Hall–Kier alpha value is -4.39. The summed E-state index contributed by atoms with van der Waals surface area (Å²) < 4.78 is 10.9. The highest BCUT2D eigenvalue weighted by Crippen LogP contribution is 2.37. The van der Waals surface area contributed by atoms with Crippen molar-refractivity contribution < 1.29 is 14.3 Å². The molecular formula is C26H22N4O3. The molecule has 0 aliphatic rings. The average molecular weight is 438 g/mol. The molecule has 5 aromatic rings. The topological polar surface area (TPSA) is 89.1 Å². The Labute approximate surface area is 190 Å². The van der Waals surface area contributed by atoms with Gasteiger partial charge in [-0.1, -0.05) is 42.5 Å². The smallest absolute Gasteiger partial charge is 0.167 e. The van der Waals surface area contributed by atoms with E-state index >= 15 is 0 Å². The molecule has 0 saturated carbocycles. The van der Waals surface area contributed by atoms with Gasteiger partial charge in [0.05, 0.1) is 25.1 Å². The molecule has 0 bridgehead atoms. The van der Waals surface area contributed by atoms with Crippen LogP contribution in [0.2, 0.25) is 0 Å². The van der Waals surface area contributed by atoms with Gasteiger partial charge in [-0.2, -0.15) is 0 Å². The van der Waals surface area contributed by atoms with Gasteiger partial charge < -0.3 is 19.8 Å². The van der Waals surface area contributed by atoms with Crippen molar-refractivity contribution in [1.29, 1.82) is 0 Å². The predicted octanol–water partition coefficient (Wildman–Crippen LogP) is 5.30. The fourth-order valence-electron chi connectivity index (χ4n) is 3.90. The summed E-state index contributed by atoms with van der Waals surface area (Å²) in [6.07, 6.45) is 1.87. The number of rotatable bonds is 7. The molecule has 0 aliphatic heterocycles. The number of methoxy groups -OCH3 is 2. The number of anilines is 2. The molecular weight excluding hydrogens is 416 g/mol. The third-order valence-electron chi connectivity index (χ3n) is 5.57. The van der Waals surface area contributed by atoms with Crippen molar-refractivity contribution in [3.05, 3.63) is 84.2 Å². The highest BCUT2D eigenvalue weighted by molar-refractivity contribution is 6.12. The van der Waals surface area contributed by atoms with Gasteiger partial charge in [0.1, 0.15) is 17.8 Å². The average Bonchev–Trinajstić information content (AvgIpc) is 3.23. The number of Topliss-reactive ketones (excluding diaryl/α,β-unsaturated/α-hetero) is 1. The van der Waals surface area contributed by atoms with E-state index in [1.54, 1.807) is 14.2 Å². The maximum absolute atomic E-state index is 12.5. The van der Waals surface area contributed by atoms with E-state index < -0.39 is 0 Å². The first-order chi connectivity index (χ1) is 16.2. The Morgan fingerprint density at radius 1 is 0.939 bits per heavy atom. The minimum Gasteiger partial charge on any atom is -0.493 e. The van der Waals surface area contributed by atoms with E-state index in [2.05, 4.69) is 20.3 Å². The van der Waals surface area contributed by atoms with Crippen molar-refractivity contribution in [2.24, 2.45) is 0 Å². The minimum atomic E-state index is 0.0944. The quantitative estimate of drug-likeness (QED) is 0.335. The largest absolute Gasteiger partial charge is 0.493 e. The van der Waals surface area contributed by atoms with Crippen molar-refractivity contribution in [3.8, 4) is 11.5 Å². The molecule has 0 atom stereocenters. The number of nitrogens with zero attached hydrogens (tertiary/aromatic N) is 2. The van der Waals surface area contributed by atoms with Crippen molar-refractivity contribution in [2.75, 3.05) is 19.5 Å². The van der Waals surface area contributed by atoms with Crippen LogP contribution in [-0.4, -0.2) is 35.0 Å². The van der Waals surface area contributed by atoms with Crippen LogP contribution in [-0.2, 0) is 6.42 Å². The predicted molar refractivity (Wildman–Crippen MR) is 129 cm³/mol. The van der Waals surface area contributed by atoms with Gasteiger partial charge in [0.2, 0.25) is 0 Å². The molecule has 164 valence electrons. The normalized spacial score (nSPS) is 11.0. The lowest BCUT2D eigenvalue weighted by atomic mass is 10.0. The summed E-state index contributed by atoms with van der Waals surface area (Å²) >= 11 is 0. The number of hydrogen-bond donors (Lipinski definition) is 2. The number of aromatic amines is 1. The lowest BCUT2D eigenvalue weighted by Crippen LogP contribution is -2.03. The monoisotopic (exact) mass is 438 g/mol. The Morgan fingerprint density at radius 3 is 2.39 bits per heavy atom.